The number of rotatable bonds is 9. The van der Waals surface area contributed by atoms with Crippen LogP contribution in [0, 0.1) is 6.92 Å². The van der Waals surface area contributed by atoms with Crippen LogP contribution in [0.1, 0.15) is 53.5 Å². The zero-order valence-corrected chi connectivity index (χ0v) is 23.3. The first-order valence-corrected chi connectivity index (χ1v) is 12.3. The smallest absolute Gasteiger partial charge is 0.191 e. The van der Waals surface area contributed by atoms with Crippen molar-refractivity contribution in [1.82, 2.24) is 25.3 Å². The molecule has 9 heteroatoms. The highest BCUT2D eigenvalue weighted by atomic mass is 127. The summed E-state index contributed by atoms with van der Waals surface area (Å²) in [6.45, 7) is 14.5. The standard InChI is InChI=1S/C23H38N6OS.HI/c1-6-19-18(20(7-2)28(5)27-19)15-25-23(24-8-3)26-16-21(22-10-9-17(4)31-22)29-11-13-30-14-12-29;/h9-10,21H,6-8,11-16H2,1-5H3,(H2,24,25,26);1H. The van der Waals surface area contributed by atoms with E-state index in [1.807, 2.05) is 23.1 Å². The van der Waals surface area contributed by atoms with Crippen molar-refractivity contribution < 1.29 is 4.74 Å². The van der Waals surface area contributed by atoms with Gasteiger partial charge in [-0.15, -0.1) is 35.3 Å². The van der Waals surface area contributed by atoms with E-state index in [0.717, 1.165) is 63.9 Å². The highest BCUT2D eigenvalue weighted by Crippen LogP contribution is 2.28. The molecule has 32 heavy (non-hydrogen) atoms. The van der Waals surface area contributed by atoms with Crippen molar-refractivity contribution in [2.45, 2.75) is 53.1 Å². The lowest BCUT2D eigenvalue weighted by Crippen LogP contribution is -2.46. The number of ether oxygens (including phenoxy) is 1. The van der Waals surface area contributed by atoms with Crippen LogP contribution in [0.15, 0.2) is 17.1 Å². The molecule has 0 bridgehead atoms. The van der Waals surface area contributed by atoms with Crippen molar-refractivity contribution in [2.24, 2.45) is 12.0 Å². The van der Waals surface area contributed by atoms with E-state index >= 15 is 0 Å². The number of hydrogen-bond acceptors (Lipinski definition) is 5. The van der Waals surface area contributed by atoms with Crippen molar-refractivity contribution in [3.63, 3.8) is 0 Å². The van der Waals surface area contributed by atoms with Gasteiger partial charge in [0.25, 0.3) is 0 Å². The zero-order valence-electron chi connectivity index (χ0n) is 20.1. The topological polar surface area (TPSA) is 66.7 Å². The molecule has 1 atom stereocenters. The number of thiophene rings is 1. The fourth-order valence-corrected chi connectivity index (χ4v) is 5.21. The Hall–Kier alpha value is -1.17. The Balaban J connectivity index is 0.00000363. The third-order valence-electron chi connectivity index (χ3n) is 5.81. The molecule has 180 valence electrons. The maximum Gasteiger partial charge on any atom is 0.191 e. The van der Waals surface area contributed by atoms with Crippen molar-refractivity contribution in [3.05, 3.63) is 38.8 Å². The summed E-state index contributed by atoms with van der Waals surface area (Å²) < 4.78 is 7.60. The third-order valence-corrected chi connectivity index (χ3v) is 6.91. The van der Waals surface area contributed by atoms with E-state index in [-0.39, 0.29) is 24.0 Å². The number of hydrogen-bond donors (Lipinski definition) is 2. The van der Waals surface area contributed by atoms with Crippen LogP contribution in [-0.4, -0.2) is 60.0 Å². The first-order chi connectivity index (χ1) is 15.1. The van der Waals surface area contributed by atoms with Crippen LogP contribution in [0.4, 0.5) is 0 Å². The number of aromatic nitrogens is 2. The molecule has 7 nitrogen and oxygen atoms in total. The molecule has 1 fully saturated rings. The lowest BCUT2D eigenvalue weighted by molar-refractivity contribution is 0.0177. The Labute approximate surface area is 214 Å². The van der Waals surface area contributed by atoms with Crippen LogP contribution in [0.2, 0.25) is 0 Å². The van der Waals surface area contributed by atoms with Gasteiger partial charge in [0.05, 0.1) is 31.5 Å². The quantitative estimate of drug-likeness (QED) is 0.272. The van der Waals surface area contributed by atoms with Gasteiger partial charge in [0.2, 0.25) is 0 Å². The summed E-state index contributed by atoms with van der Waals surface area (Å²) in [5, 5.41) is 11.7. The van der Waals surface area contributed by atoms with Gasteiger partial charge in [-0.05, 0) is 38.8 Å². The minimum Gasteiger partial charge on any atom is -0.379 e. The summed E-state index contributed by atoms with van der Waals surface area (Å²) in [5.74, 6) is 0.863. The average molecular weight is 575 g/mol. The molecule has 3 heterocycles. The number of nitrogens with zero attached hydrogens (tertiary/aromatic N) is 4. The van der Waals surface area contributed by atoms with E-state index in [0.29, 0.717) is 12.6 Å². The highest BCUT2D eigenvalue weighted by molar-refractivity contribution is 14.0. The van der Waals surface area contributed by atoms with Gasteiger partial charge in [0.1, 0.15) is 0 Å². The second-order valence-corrected chi connectivity index (χ2v) is 9.21. The van der Waals surface area contributed by atoms with Crippen molar-refractivity contribution in [2.75, 3.05) is 39.4 Å². The number of morpholine rings is 1. The maximum atomic E-state index is 5.59. The van der Waals surface area contributed by atoms with Crippen LogP contribution < -0.4 is 10.6 Å². The molecule has 1 saturated heterocycles. The van der Waals surface area contributed by atoms with Gasteiger partial charge in [0.15, 0.2) is 5.96 Å². The number of guanidine groups is 1. The molecule has 0 saturated carbocycles. The fourth-order valence-electron chi connectivity index (χ4n) is 4.20. The molecule has 2 aromatic heterocycles. The van der Waals surface area contributed by atoms with Gasteiger partial charge >= 0.3 is 0 Å². The van der Waals surface area contributed by atoms with Gasteiger partial charge in [-0.1, -0.05) is 13.8 Å². The number of aryl methyl sites for hydroxylation is 3. The van der Waals surface area contributed by atoms with E-state index < -0.39 is 0 Å². The fraction of sp³-hybridized carbons (Fsp3) is 0.652. The van der Waals surface area contributed by atoms with Crippen molar-refractivity contribution in [3.8, 4) is 0 Å². The monoisotopic (exact) mass is 574 g/mol. The van der Waals surface area contributed by atoms with Crippen LogP contribution in [0.25, 0.3) is 0 Å². The Morgan fingerprint density at radius 1 is 1.19 bits per heavy atom. The normalized spacial score (nSPS) is 16.0. The van der Waals surface area contributed by atoms with Crippen LogP contribution in [0.5, 0.6) is 0 Å². The summed E-state index contributed by atoms with van der Waals surface area (Å²) in [5.41, 5.74) is 3.69. The molecule has 0 aliphatic carbocycles. The Morgan fingerprint density at radius 2 is 1.94 bits per heavy atom. The Morgan fingerprint density at radius 3 is 2.53 bits per heavy atom. The molecular formula is C23H39IN6OS. The summed E-state index contributed by atoms with van der Waals surface area (Å²) in [6.07, 6.45) is 1.90. The summed E-state index contributed by atoms with van der Waals surface area (Å²) in [7, 11) is 2.03. The Kier molecular flexibility index (Phi) is 11.4. The number of aliphatic imine (C=N–C) groups is 1. The van der Waals surface area contributed by atoms with Crippen molar-refractivity contribution in [1.29, 1.82) is 0 Å². The minimum absolute atomic E-state index is 0. The third kappa shape index (κ3) is 6.91. The van der Waals surface area contributed by atoms with Gasteiger partial charge in [-0.2, -0.15) is 5.10 Å². The molecule has 2 aromatic rings. The number of halogens is 1. The Bertz CT molecular complexity index is 859. The first kappa shape index (κ1) is 27.1. The second kappa shape index (κ2) is 13.5. The lowest BCUT2D eigenvalue weighted by Gasteiger charge is -2.34. The highest BCUT2D eigenvalue weighted by Gasteiger charge is 2.24. The predicted molar refractivity (Wildman–Crippen MR) is 144 cm³/mol. The molecule has 0 aromatic carbocycles. The first-order valence-electron chi connectivity index (χ1n) is 11.5. The molecular weight excluding hydrogens is 535 g/mol. The van der Waals surface area contributed by atoms with Gasteiger partial charge in [-0.25, -0.2) is 4.99 Å². The van der Waals surface area contributed by atoms with E-state index in [1.54, 1.807) is 0 Å². The van der Waals surface area contributed by atoms with E-state index in [1.165, 1.54) is 21.0 Å². The molecule has 3 rings (SSSR count). The lowest BCUT2D eigenvalue weighted by atomic mass is 10.1. The maximum absolute atomic E-state index is 5.59. The van der Waals surface area contributed by atoms with E-state index in [4.69, 9.17) is 14.8 Å². The van der Waals surface area contributed by atoms with E-state index in [9.17, 15) is 0 Å². The minimum atomic E-state index is 0. The summed E-state index contributed by atoms with van der Waals surface area (Å²) in [6, 6.07) is 4.80. The van der Waals surface area contributed by atoms with Gasteiger partial charge in [-0.3, -0.25) is 9.58 Å². The van der Waals surface area contributed by atoms with Crippen LogP contribution >= 0.6 is 35.3 Å². The molecule has 1 aliphatic heterocycles. The molecule has 0 radical (unpaired) electrons. The average Bonchev–Trinajstić information content (AvgIpc) is 3.34. The SMILES string of the molecule is CCNC(=NCc1c(CC)nn(C)c1CC)NCC(c1ccc(C)s1)N1CCOCC1.I. The summed E-state index contributed by atoms with van der Waals surface area (Å²) >= 11 is 1.88. The van der Waals surface area contributed by atoms with Gasteiger partial charge in [0, 0.05) is 54.2 Å². The molecule has 1 unspecified atom stereocenters. The van der Waals surface area contributed by atoms with Crippen LogP contribution in [-0.2, 0) is 31.2 Å². The predicted octanol–water partition coefficient (Wildman–Crippen LogP) is 3.66. The molecule has 0 amide bonds. The number of nitrogens with one attached hydrogen (secondary N) is 2. The molecule has 1 aliphatic rings. The second-order valence-electron chi connectivity index (χ2n) is 7.89. The zero-order chi connectivity index (χ0) is 22.2. The largest absolute Gasteiger partial charge is 0.379 e. The van der Waals surface area contributed by atoms with Crippen LogP contribution in [0.3, 0.4) is 0 Å². The molecule has 0 spiro atoms. The van der Waals surface area contributed by atoms with E-state index in [2.05, 4.69) is 55.4 Å². The summed E-state index contributed by atoms with van der Waals surface area (Å²) in [4.78, 5) is 10.2. The van der Waals surface area contributed by atoms with Gasteiger partial charge < -0.3 is 15.4 Å². The van der Waals surface area contributed by atoms with Crippen molar-refractivity contribution >= 4 is 41.3 Å². The molecule has 2 N–H and O–H groups in total.